The normalized spacial score (nSPS) is 12.2. The van der Waals surface area contributed by atoms with Crippen LogP contribution in [0.4, 0.5) is 5.69 Å². The Bertz CT molecular complexity index is 354. The van der Waals surface area contributed by atoms with Gasteiger partial charge in [-0.05, 0) is 31.5 Å². The van der Waals surface area contributed by atoms with Gasteiger partial charge in [0, 0.05) is 31.4 Å². The first-order valence-corrected chi connectivity index (χ1v) is 7.29. The highest BCUT2D eigenvalue weighted by molar-refractivity contribution is 5.50. The predicted molar refractivity (Wildman–Crippen MR) is 83.3 cm³/mol. The van der Waals surface area contributed by atoms with Gasteiger partial charge < -0.3 is 15.0 Å². The van der Waals surface area contributed by atoms with E-state index in [-0.39, 0.29) is 0 Å². The number of ether oxygens (including phenoxy) is 1. The number of benzene rings is 1. The minimum Gasteiger partial charge on any atom is -0.497 e. The zero-order valence-corrected chi connectivity index (χ0v) is 12.8. The Morgan fingerprint density at radius 2 is 2.05 bits per heavy atom. The van der Waals surface area contributed by atoms with Gasteiger partial charge in [0.25, 0.3) is 0 Å². The summed E-state index contributed by atoms with van der Waals surface area (Å²) in [5, 5.41) is 3.63. The van der Waals surface area contributed by atoms with E-state index in [1.165, 1.54) is 24.9 Å². The molecule has 19 heavy (non-hydrogen) atoms. The quantitative estimate of drug-likeness (QED) is 0.740. The van der Waals surface area contributed by atoms with Crippen molar-refractivity contribution in [2.45, 2.75) is 39.2 Å². The van der Waals surface area contributed by atoms with E-state index in [1.54, 1.807) is 7.11 Å². The molecule has 1 aromatic rings. The molecule has 0 aliphatic rings. The maximum Gasteiger partial charge on any atom is 0.120 e. The summed E-state index contributed by atoms with van der Waals surface area (Å²) in [7, 11) is 3.85. The molecule has 1 unspecified atom stereocenters. The Hall–Kier alpha value is -1.22. The Kier molecular flexibility index (Phi) is 7.34. The van der Waals surface area contributed by atoms with Crippen LogP contribution in [0.25, 0.3) is 0 Å². The van der Waals surface area contributed by atoms with Crippen molar-refractivity contribution in [2.24, 2.45) is 0 Å². The van der Waals surface area contributed by atoms with Crippen LogP contribution in [0, 0.1) is 0 Å². The molecule has 1 rings (SSSR count). The first kappa shape index (κ1) is 15.8. The molecule has 0 saturated carbocycles. The van der Waals surface area contributed by atoms with Crippen molar-refractivity contribution in [3.63, 3.8) is 0 Å². The van der Waals surface area contributed by atoms with Crippen LogP contribution in [0.3, 0.4) is 0 Å². The summed E-state index contributed by atoms with van der Waals surface area (Å²) < 4.78 is 5.28. The molecule has 0 bridgehead atoms. The Labute approximate surface area is 118 Å². The van der Waals surface area contributed by atoms with Crippen LogP contribution in [-0.4, -0.2) is 33.3 Å². The number of likely N-dealkylation sites (N-methyl/N-ethyl adjacent to an activating group) is 1. The lowest BCUT2D eigenvalue weighted by Crippen LogP contribution is -2.40. The zero-order valence-electron chi connectivity index (χ0n) is 12.8. The highest BCUT2D eigenvalue weighted by atomic mass is 16.5. The topological polar surface area (TPSA) is 24.5 Å². The Morgan fingerprint density at radius 3 is 2.68 bits per heavy atom. The van der Waals surface area contributed by atoms with E-state index in [9.17, 15) is 0 Å². The van der Waals surface area contributed by atoms with Crippen LogP contribution in [0.2, 0.25) is 0 Å². The lowest BCUT2D eigenvalue weighted by Gasteiger charge is -2.26. The molecule has 0 aliphatic heterocycles. The average Bonchev–Trinajstić information content (AvgIpc) is 2.45. The van der Waals surface area contributed by atoms with Gasteiger partial charge in [0.05, 0.1) is 7.11 Å². The van der Waals surface area contributed by atoms with Crippen LogP contribution < -0.4 is 15.0 Å². The molecule has 0 radical (unpaired) electrons. The first-order valence-electron chi connectivity index (χ1n) is 7.29. The molecule has 0 spiro atoms. The smallest absolute Gasteiger partial charge is 0.120 e. The molecule has 0 aliphatic carbocycles. The second-order valence-corrected chi connectivity index (χ2v) is 5.02. The van der Waals surface area contributed by atoms with E-state index in [2.05, 4.69) is 43.2 Å². The van der Waals surface area contributed by atoms with Crippen LogP contribution in [0.1, 0.15) is 33.1 Å². The SMILES string of the molecule is CCCNC(CCC)CN(C)c1cccc(OC)c1. The van der Waals surface area contributed by atoms with Crippen molar-refractivity contribution >= 4 is 5.69 Å². The molecular formula is C16H28N2O. The van der Waals surface area contributed by atoms with E-state index in [1.807, 2.05) is 12.1 Å². The molecule has 0 fully saturated rings. The van der Waals surface area contributed by atoms with Gasteiger partial charge in [-0.3, -0.25) is 0 Å². The number of nitrogens with zero attached hydrogens (tertiary/aromatic N) is 1. The van der Waals surface area contributed by atoms with E-state index in [4.69, 9.17) is 4.74 Å². The van der Waals surface area contributed by atoms with Crippen molar-refractivity contribution in [3.8, 4) is 5.75 Å². The van der Waals surface area contributed by atoms with Gasteiger partial charge in [-0.25, -0.2) is 0 Å². The number of rotatable bonds is 9. The van der Waals surface area contributed by atoms with Gasteiger partial charge in [-0.15, -0.1) is 0 Å². The predicted octanol–water partition coefficient (Wildman–Crippen LogP) is 3.30. The van der Waals surface area contributed by atoms with Gasteiger partial charge in [0.1, 0.15) is 5.75 Å². The van der Waals surface area contributed by atoms with Crippen LogP contribution in [-0.2, 0) is 0 Å². The van der Waals surface area contributed by atoms with E-state index < -0.39 is 0 Å². The molecule has 0 saturated heterocycles. The second kappa shape index (κ2) is 8.81. The fraction of sp³-hybridized carbons (Fsp3) is 0.625. The molecule has 3 nitrogen and oxygen atoms in total. The number of nitrogens with one attached hydrogen (secondary N) is 1. The lowest BCUT2D eigenvalue weighted by atomic mass is 10.1. The Morgan fingerprint density at radius 1 is 1.26 bits per heavy atom. The maximum atomic E-state index is 5.28. The summed E-state index contributed by atoms with van der Waals surface area (Å²) in [5.74, 6) is 0.915. The molecule has 0 amide bonds. The van der Waals surface area contributed by atoms with E-state index >= 15 is 0 Å². The number of hydrogen-bond acceptors (Lipinski definition) is 3. The van der Waals surface area contributed by atoms with E-state index in [0.717, 1.165) is 18.8 Å². The van der Waals surface area contributed by atoms with Crippen molar-refractivity contribution < 1.29 is 4.74 Å². The number of anilines is 1. The standard InChI is InChI=1S/C16H28N2O/c1-5-8-14(17-11-6-2)13-18(3)15-9-7-10-16(12-15)19-4/h7,9-10,12,14,17H,5-6,8,11,13H2,1-4H3. The summed E-state index contributed by atoms with van der Waals surface area (Å²) in [5.41, 5.74) is 1.21. The molecule has 108 valence electrons. The molecule has 0 heterocycles. The second-order valence-electron chi connectivity index (χ2n) is 5.02. The number of hydrogen-bond donors (Lipinski definition) is 1. The largest absolute Gasteiger partial charge is 0.497 e. The van der Waals surface area contributed by atoms with Crippen LogP contribution in [0.15, 0.2) is 24.3 Å². The number of methoxy groups -OCH3 is 1. The van der Waals surface area contributed by atoms with Gasteiger partial charge in [0.2, 0.25) is 0 Å². The third-order valence-corrected chi connectivity index (χ3v) is 3.31. The highest BCUT2D eigenvalue weighted by Crippen LogP contribution is 2.20. The van der Waals surface area contributed by atoms with Crippen molar-refractivity contribution in [1.29, 1.82) is 0 Å². The minimum absolute atomic E-state index is 0.557. The molecule has 1 atom stereocenters. The van der Waals surface area contributed by atoms with Gasteiger partial charge >= 0.3 is 0 Å². The maximum absolute atomic E-state index is 5.28. The first-order chi connectivity index (χ1) is 9.21. The van der Waals surface area contributed by atoms with Crippen LogP contribution >= 0.6 is 0 Å². The molecule has 1 aromatic carbocycles. The van der Waals surface area contributed by atoms with Crippen molar-refractivity contribution in [3.05, 3.63) is 24.3 Å². The fourth-order valence-corrected chi connectivity index (χ4v) is 2.24. The summed E-state index contributed by atoms with van der Waals surface area (Å²) in [6.07, 6.45) is 3.62. The molecule has 3 heteroatoms. The van der Waals surface area contributed by atoms with Crippen LogP contribution in [0.5, 0.6) is 5.75 Å². The minimum atomic E-state index is 0.557. The Balaban J connectivity index is 2.61. The zero-order chi connectivity index (χ0) is 14.1. The monoisotopic (exact) mass is 264 g/mol. The summed E-state index contributed by atoms with van der Waals surface area (Å²) in [6, 6.07) is 8.80. The third-order valence-electron chi connectivity index (χ3n) is 3.31. The van der Waals surface area contributed by atoms with Crippen molar-refractivity contribution in [2.75, 3.05) is 32.1 Å². The molecular weight excluding hydrogens is 236 g/mol. The summed E-state index contributed by atoms with van der Waals surface area (Å²) in [4.78, 5) is 2.30. The van der Waals surface area contributed by atoms with Crippen molar-refractivity contribution in [1.82, 2.24) is 5.32 Å². The summed E-state index contributed by atoms with van der Waals surface area (Å²) in [6.45, 7) is 6.57. The van der Waals surface area contributed by atoms with E-state index in [0.29, 0.717) is 6.04 Å². The van der Waals surface area contributed by atoms with Gasteiger partial charge in [-0.2, -0.15) is 0 Å². The van der Waals surface area contributed by atoms with Gasteiger partial charge in [0.15, 0.2) is 0 Å². The highest BCUT2D eigenvalue weighted by Gasteiger charge is 2.10. The average molecular weight is 264 g/mol. The molecule has 1 N–H and O–H groups in total. The fourth-order valence-electron chi connectivity index (χ4n) is 2.24. The van der Waals surface area contributed by atoms with Gasteiger partial charge in [-0.1, -0.05) is 26.3 Å². The lowest BCUT2D eigenvalue weighted by molar-refractivity contribution is 0.414. The summed E-state index contributed by atoms with van der Waals surface area (Å²) >= 11 is 0. The molecule has 0 aromatic heterocycles. The third kappa shape index (κ3) is 5.52.